The van der Waals surface area contributed by atoms with Gasteiger partial charge in [0.2, 0.25) is 5.91 Å². The molecule has 23 heavy (non-hydrogen) atoms. The predicted molar refractivity (Wildman–Crippen MR) is 92.1 cm³/mol. The van der Waals surface area contributed by atoms with Gasteiger partial charge in [0.15, 0.2) is 0 Å². The summed E-state index contributed by atoms with van der Waals surface area (Å²) in [5, 5.41) is 15.7. The highest BCUT2D eigenvalue weighted by atomic mass is 35.5. The first kappa shape index (κ1) is 16.3. The monoisotopic (exact) mass is 351 g/mol. The smallest absolute Gasteiger partial charge is 0.306 e. The minimum Gasteiger partial charge on any atom is -0.481 e. The third kappa shape index (κ3) is 3.85. The quantitative estimate of drug-likeness (QED) is 0.879. The number of nitrogens with one attached hydrogen (secondary N) is 1. The summed E-state index contributed by atoms with van der Waals surface area (Å²) in [5.74, 6) is -0.994. The van der Waals surface area contributed by atoms with E-state index in [4.69, 9.17) is 16.7 Å². The molecule has 1 aromatic heterocycles. The molecule has 0 saturated heterocycles. The van der Waals surface area contributed by atoms with E-state index in [0.29, 0.717) is 24.3 Å². The third-order valence-corrected chi connectivity index (χ3v) is 5.66. The Morgan fingerprint density at radius 1 is 1.26 bits per heavy atom. The fourth-order valence-electron chi connectivity index (χ4n) is 3.13. The molecule has 122 valence electrons. The van der Waals surface area contributed by atoms with Gasteiger partial charge in [0, 0.05) is 15.8 Å². The predicted octanol–water partition coefficient (Wildman–Crippen LogP) is 3.86. The van der Waals surface area contributed by atoms with Crippen LogP contribution in [-0.4, -0.2) is 23.0 Å². The molecule has 1 amide bonds. The standard InChI is InChI=1S/C17H18ClNO3S/c18-12-3-6-15-14(8-12)11(9-23-15)7-16(20)19-13-4-1-10(2-5-13)17(21)22/h3,6,8-10,13H,1-2,4-5,7H2,(H,19,20)(H,21,22). The van der Waals surface area contributed by atoms with Crippen molar-refractivity contribution in [3.63, 3.8) is 0 Å². The van der Waals surface area contributed by atoms with E-state index in [1.165, 1.54) is 0 Å². The third-order valence-electron chi connectivity index (χ3n) is 4.41. The Morgan fingerprint density at radius 2 is 2.00 bits per heavy atom. The van der Waals surface area contributed by atoms with Crippen LogP contribution in [0.3, 0.4) is 0 Å². The molecule has 0 aliphatic heterocycles. The van der Waals surface area contributed by atoms with Crippen LogP contribution < -0.4 is 5.32 Å². The lowest BCUT2D eigenvalue weighted by Gasteiger charge is -2.26. The van der Waals surface area contributed by atoms with E-state index >= 15 is 0 Å². The van der Waals surface area contributed by atoms with Crippen molar-refractivity contribution >= 4 is 44.9 Å². The number of rotatable bonds is 4. The largest absolute Gasteiger partial charge is 0.481 e. The number of hydrogen-bond donors (Lipinski definition) is 2. The topological polar surface area (TPSA) is 66.4 Å². The van der Waals surface area contributed by atoms with Crippen LogP contribution in [0.15, 0.2) is 23.6 Å². The maximum Gasteiger partial charge on any atom is 0.306 e. The van der Waals surface area contributed by atoms with Crippen LogP contribution >= 0.6 is 22.9 Å². The van der Waals surface area contributed by atoms with Gasteiger partial charge in [0.05, 0.1) is 12.3 Å². The average Bonchev–Trinajstić information content (AvgIpc) is 2.90. The number of amides is 1. The summed E-state index contributed by atoms with van der Waals surface area (Å²) in [6.45, 7) is 0. The second kappa shape index (κ2) is 6.89. The number of carboxylic acids is 1. The Bertz CT molecular complexity index is 735. The number of carbonyl (C=O) groups is 2. The van der Waals surface area contributed by atoms with Crippen molar-refractivity contribution in [3.8, 4) is 0 Å². The van der Waals surface area contributed by atoms with Crippen LogP contribution in [0.5, 0.6) is 0 Å². The summed E-state index contributed by atoms with van der Waals surface area (Å²) in [5.41, 5.74) is 0.990. The number of carboxylic acid groups (broad SMARTS) is 1. The summed E-state index contributed by atoms with van der Waals surface area (Å²) in [7, 11) is 0. The molecule has 0 bridgehead atoms. The van der Waals surface area contributed by atoms with Crippen LogP contribution in [-0.2, 0) is 16.0 Å². The maximum absolute atomic E-state index is 12.3. The van der Waals surface area contributed by atoms with Gasteiger partial charge in [-0.05, 0) is 60.2 Å². The molecule has 6 heteroatoms. The number of halogens is 1. The van der Waals surface area contributed by atoms with Crippen molar-refractivity contribution in [1.82, 2.24) is 5.32 Å². The van der Waals surface area contributed by atoms with Crippen LogP contribution in [0.25, 0.3) is 10.1 Å². The minimum absolute atomic E-state index is 0.0107. The fourth-order valence-corrected chi connectivity index (χ4v) is 4.24. The van der Waals surface area contributed by atoms with Gasteiger partial charge in [0.1, 0.15) is 0 Å². The summed E-state index contributed by atoms with van der Waals surface area (Å²) in [4.78, 5) is 23.2. The highest BCUT2D eigenvalue weighted by molar-refractivity contribution is 7.17. The highest BCUT2D eigenvalue weighted by Crippen LogP contribution is 2.29. The number of carbonyl (C=O) groups excluding carboxylic acids is 1. The van der Waals surface area contributed by atoms with Gasteiger partial charge < -0.3 is 10.4 Å². The molecule has 0 atom stereocenters. The Hall–Kier alpha value is -1.59. The van der Waals surface area contributed by atoms with Crippen molar-refractivity contribution < 1.29 is 14.7 Å². The molecule has 4 nitrogen and oxygen atoms in total. The molecule has 1 aliphatic rings. The Labute approximate surface area is 143 Å². The van der Waals surface area contributed by atoms with Crippen molar-refractivity contribution in [3.05, 3.63) is 34.2 Å². The zero-order chi connectivity index (χ0) is 16.4. The molecule has 0 radical (unpaired) electrons. The van der Waals surface area contributed by atoms with Gasteiger partial charge in [-0.3, -0.25) is 9.59 Å². The zero-order valence-corrected chi connectivity index (χ0v) is 14.1. The maximum atomic E-state index is 12.3. The molecular weight excluding hydrogens is 334 g/mol. The summed E-state index contributed by atoms with van der Waals surface area (Å²) >= 11 is 7.65. The Balaban J connectivity index is 1.59. The van der Waals surface area contributed by atoms with Gasteiger partial charge in [-0.2, -0.15) is 0 Å². The minimum atomic E-state index is -0.726. The Kier molecular flexibility index (Phi) is 4.87. The number of fused-ring (bicyclic) bond motifs is 1. The van der Waals surface area contributed by atoms with E-state index < -0.39 is 5.97 Å². The van der Waals surface area contributed by atoms with E-state index in [1.54, 1.807) is 11.3 Å². The molecule has 1 fully saturated rings. The molecule has 1 saturated carbocycles. The van der Waals surface area contributed by atoms with Crippen LogP contribution in [0, 0.1) is 5.92 Å². The van der Waals surface area contributed by atoms with Gasteiger partial charge in [0.25, 0.3) is 0 Å². The lowest BCUT2D eigenvalue weighted by Crippen LogP contribution is -2.39. The van der Waals surface area contributed by atoms with Crippen molar-refractivity contribution in [2.45, 2.75) is 38.1 Å². The van der Waals surface area contributed by atoms with E-state index in [1.807, 2.05) is 23.6 Å². The van der Waals surface area contributed by atoms with Gasteiger partial charge in [-0.1, -0.05) is 11.6 Å². The number of aliphatic carboxylic acids is 1. The molecule has 0 unspecified atom stereocenters. The molecule has 2 aromatic rings. The van der Waals surface area contributed by atoms with Crippen LogP contribution in [0.2, 0.25) is 5.02 Å². The first-order valence-corrected chi connectivity index (χ1v) is 8.96. The molecule has 1 aliphatic carbocycles. The van der Waals surface area contributed by atoms with E-state index in [-0.39, 0.29) is 17.9 Å². The SMILES string of the molecule is O=C(Cc1csc2ccc(Cl)cc12)NC1CCC(C(=O)O)CC1. The summed E-state index contributed by atoms with van der Waals surface area (Å²) in [6.07, 6.45) is 3.07. The lowest BCUT2D eigenvalue weighted by molar-refractivity contribution is -0.142. The van der Waals surface area contributed by atoms with E-state index in [2.05, 4.69) is 5.32 Å². The van der Waals surface area contributed by atoms with Gasteiger partial charge in [-0.25, -0.2) is 0 Å². The summed E-state index contributed by atoms with van der Waals surface area (Å²) < 4.78 is 1.12. The van der Waals surface area contributed by atoms with E-state index in [0.717, 1.165) is 28.5 Å². The van der Waals surface area contributed by atoms with Gasteiger partial charge >= 0.3 is 5.97 Å². The normalized spacial score (nSPS) is 21.3. The first-order chi connectivity index (χ1) is 11.0. The lowest BCUT2D eigenvalue weighted by atomic mass is 9.86. The number of thiophene rings is 1. The highest BCUT2D eigenvalue weighted by Gasteiger charge is 2.26. The van der Waals surface area contributed by atoms with Crippen LogP contribution in [0.1, 0.15) is 31.2 Å². The number of benzene rings is 1. The number of hydrogen-bond acceptors (Lipinski definition) is 3. The van der Waals surface area contributed by atoms with E-state index in [9.17, 15) is 9.59 Å². The van der Waals surface area contributed by atoms with Crippen molar-refractivity contribution in [2.24, 2.45) is 5.92 Å². The zero-order valence-electron chi connectivity index (χ0n) is 12.5. The van der Waals surface area contributed by atoms with Gasteiger partial charge in [-0.15, -0.1) is 11.3 Å². The average molecular weight is 352 g/mol. The second-order valence-corrected chi connectivity index (χ2v) is 7.38. The first-order valence-electron chi connectivity index (χ1n) is 7.70. The van der Waals surface area contributed by atoms with Crippen LogP contribution in [0.4, 0.5) is 0 Å². The molecular formula is C17H18ClNO3S. The molecule has 0 spiro atoms. The molecule has 1 aromatic carbocycles. The van der Waals surface area contributed by atoms with Crippen molar-refractivity contribution in [1.29, 1.82) is 0 Å². The second-order valence-electron chi connectivity index (χ2n) is 6.03. The summed E-state index contributed by atoms with van der Waals surface area (Å²) in [6, 6.07) is 5.81. The van der Waals surface area contributed by atoms with Crippen molar-refractivity contribution in [2.75, 3.05) is 0 Å². The fraction of sp³-hybridized carbons (Fsp3) is 0.412. The molecule has 1 heterocycles. The molecule has 3 rings (SSSR count). The Morgan fingerprint density at radius 3 is 2.70 bits per heavy atom. The molecule has 2 N–H and O–H groups in total.